The highest BCUT2D eigenvalue weighted by Gasteiger charge is 2.51. The molecule has 0 aliphatic carbocycles. The van der Waals surface area contributed by atoms with Crippen LogP contribution in [0.1, 0.15) is 49.5 Å². The van der Waals surface area contributed by atoms with Crippen LogP contribution < -0.4 is 10.1 Å². The molecule has 0 radical (unpaired) electrons. The van der Waals surface area contributed by atoms with Crippen LogP contribution in [0.4, 0.5) is 9.59 Å². The van der Waals surface area contributed by atoms with Crippen molar-refractivity contribution >= 4 is 18.1 Å². The Morgan fingerprint density at radius 1 is 1.11 bits per heavy atom. The zero-order valence-electron chi connectivity index (χ0n) is 19.9. The molecular weight excluding hydrogens is 454 g/mol. The van der Waals surface area contributed by atoms with Crippen molar-refractivity contribution in [1.29, 1.82) is 0 Å². The molecule has 2 aromatic carbocycles. The maximum Gasteiger partial charge on any atom is 0.407 e. The molecule has 2 N–H and O–H groups in total. The van der Waals surface area contributed by atoms with Crippen molar-refractivity contribution < 1.29 is 33.8 Å². The fourth-order valence-corrected chi connectivity index (χ4v) is 4.15. The van der Waals surface area contributed by atoms with Gasteiger partial charge in [-0.15, -0.1) is 0 Å². The molecule has 1 unspecified atom stereocenters. The van der Waals surface area contributed by atoms with Crippen LogP contribution in [0.15, 0.2) is 48.5 Å². The Bertz CT molecular complexity index is 1100. The van der Waals surface area contributed by atoms with E-state index in [0.717, 1.165) is 5.56 Å². The predicted molar refractivity (Wildman–Crippen MR) is 124 cm³/mol. The lowest BCUT2D eigenvalue weighted by Crippen LogP contribution is -2.38. The summed E-state index contributed by atoms with van der Waals surface area (Å²) in [6.07, 6.45) is -0.536. The number of alkyl carbamates (subject to hydrolysis) is 1. The normalized spacial score (nSPS) is 18.8. The lowest BCUT2D eigenvalue weighted by molar-refractivity contribution is -0.143. The number of carboxylic acids is 1. The van der Waals surface area contributed by atoms with Crippen molar-refractivity contribution in [1.82, 2.24) is 15.3 Å². The van der Waals surface area contributed by atoms with Crippen LogP contribution in [-0.2, 0) is 21.0 Å². The number of hydroxylamine groups is 2. The van der Waals surface area contributed by atoms with E-state index in [2.05, 4.69) is 5.32 Å². The van der Waals surface area contributed by atoms with Crippen molar-refractivity contribution in [3.8, 4) is 5.75 Å². The molecule has 2 aliphatic heterocycles. The molecule has 186 valence electrons. The van der Waals surface area contributed by atoms with E-state index in [0.29, 0.717) is 16.9 Å². The second kappa shape index (κ2) is 9.83. The number of benzene rings is 2. The highest BCUT2D eigenvalue weighted by Crippen LogP contribution is 2.45. The number of rotatable bonds is 8. The van der Waals surface area contributed by atoms with Crippen molar-refractivity contribution in [3.05, 3.63) is 65.2 Å². The summed E-state index contributed by atoms with van der Waals surface area (Å²) in [7, 11) is 0. The standard InChI is InChI=1S/C25H29N3O7/c1-25(2,3)35-23(31)26-11-12-33-17-9-10-18-19(13-17)20-14-27(21(18)22(29)30)24(32)28(20)34-15-16-7-5-4-6-8-16/h4-10,13,20-21H,11-12,14-15H2,1-3H3,(H,26,31)(H,29,30)/t20-,21?/m1/s1. The Balaban J connectivity index is 1.47. The molecule has 2 aromatic rings. The maximum atomic E-state index is 13.0. The number of carboxylic acid groups (broad SMARTS) is 1. The molecule has 10 nitrogen and oxygen atoms in total. The van der Waals surface area contributed by atoms with Crippen LogP contribution in [0.25, 0.3) is 0 Å². The second-order valence-corrected chi connectivity index (χ2v) is 9.34. The van der Waals surface area contributed by atoms with Crippen molar-refractivity contribution in [3.63, 3.8) is 0 Å². The number of fused-ring (bicyclic) bond motifs is 4. The molecule has 2 aliphatic rings. The van der Waals surface area contributed by atoms with E-state index in [1.807, 2.05) is 30.3 Å². The first-order chi connectivity index (χ1) is 16.6. The summed E-state index contributed by atoms with van der Waals surface area (Å²) in [5, 5.41) is 13.7. The summed E-state index contributed by atoms with van der Waals surface area (Å²) < 4.78 is 11.0. The van der Waals surface area contributed by atoms with Gasteiger partial charge in [0, 0.05) is 0 Å². The van der Waals surface area contributed by atoms with E-state index in [9.17, 15) is 19.5 Å². The van der Waals surface area contributed by atoms with Gasteiger partial charge in [0.15, 0.2) is 6.04 Å². The molecule has 1 saturated heterocycles. The first kappa shape index (κ1) is 24.3. The molecule has 0 aromatic heterocycles. The SMILES string of the molecule is CC(C)(C)OC(=O)NCCOc1ccc2c(c1)[C@H]1CN(C(=O)N1OCc1ccccc1)C2C(=O)O. The Labute approximate surface area is 203 Å². The van der Waals surface area contributed by atoms with Crippen molar-refractivity contribution in [2.75, 3.05) is 19.7 Å². The summed E-state index contributed by atoms with van der Waals surface area (Å²) in [6.45, 7) is 6.13. The van der Waals surface area contributed by atoms with Crippen LogP contribution in [0.3, 0.4) is 0 Å². The average Bonchev–Trinajstić information content (AvgIpc) is 3.07. The molecule has 2 atom stereocenters. The molecule has 3 amide bonds. The van der Waals surface area contributed by atoms with E-state index in [-0.39, 0.29) is 26.3 Å². The quantitative estimate of drug-likeness (QED) is 0.551. The number of nitrogens with zero attached hydrogens (tertiary/aromatic N) is 2. The third-order valence-corrected chi connectivity index (χ3v) is 5.60. The monoisotopic (exact) mass is 483 g/mol. The van der Waals surface area contributed by atoms with E-state index in [4.69, 9.17) is 14.3 Å². The lowest BCUT2D eigenvalue weighted by atomic mass is 9.91. The van der Waals surface area contributed by atoms with Gasteiger partial charge in [0.25, 0.3) is 0 Å². The van der Waals surface area contributed by atoms with E-state index >= 15 is 0 Å². The number of hydrogen-bond donors (Lipinski definition) is 2. The molecule has 1 fully saturated rings. The van der Waals surface area contributed by atoms with Crippen LogP contribution in [0.5, 0.6) is 5.75 Å². The number of aliphatic carboxylic acids is 1. The Kier molecular flexibility index (Phi) is 6.83. The Hall–Kier alpha value is -3.79. The van der Waals surface area contributed by atoms with Gasteiger partial charge in [-0.2, -0.15) is 5.06 Å². The minimum Gasteiger partial charge on any atom is -0.492 e. The summed E-state index contributed by atoms with van der Waals surface area (Å²) in [5.41, 5.74) is 1.48. The van der Waals surface area contributed by atoms with Gasteiger partial charge in [0.05, 0.1) is 13.1 Å². The number of hydrogen-bond acceptors (Lipinski definition) is 6. The van der Waals surface area contributed by atoms with Crippen LogP contribution in [0, 0.1) is 0 Å². The molecule has 0 saturated carbocycles. The average molecular weight is 484 g/mol. The number of urea groups is 1. The summed E-state index contributed by atoms with van der Waals surface area (Å²) in [4.78, 5) is 44.0. The highest BCUT2D eigenvalue weighted by atomic mass is 16.7. The van der Waals surface area contributed by atoms with Crippen LogP contribution >= 0.6 is 0 Å². The largest absolute Gasteiger partial charge is 0.492 e. The first-order valence-electron chi connectivity index (χ1n) is 11.4. The van der Waals surface area contributed by atoms with Gasteiger partial charge in [0.2, 0.25) is 0 Å². The third-order valence-electron chi connectivity index (χ3n) is 5.60. The van der Waals surface area contributed by atoms with Gasteiger partial charge >= 0.3 is 18.1 Å². The molecule has 2 bridgehead atoms. The molecule has 35 heavy (non-hydrogen) atoms. The highest BCUT2D eigenvalue weighted by molar-refractivity contribution is 5.87. The number of carbonyl (C=O) groups is 3. The molecule has 0 spiro atoms. The van der Waals surface area contributed by atoms with Crippen molar-refractivity contribution in [2.24, 2.45) is 0 Å². The van der Waals surface area contributed by atoms with Crippen LogP contribution in [0.2, 0.25) is 0 Å². The Morgan fingerprint density at radius 3 is 2.54 bits per heavy atom. The summed E-state index contributed by atoms with van der Waals surface area (Å²) >= 11 is 0. The fraction of sp³-hybridized carbons (Fsp3) is 0.400. The van der Waals surface area contributed by atoms with Gasteiger partial charge in [-0.3, -0.25) is 4.84 Å². The maximum absolute atomic E-state index is 13.0. The number of ether oxygens (including phenoxy) is 2. The van der Waals surface area contributed by atoms with Gasteiger partial charge < -0.3 is 24.8 Å². The molecule has 2 heterocycles. The minimum absolute atomic E-state index is 0.177. The topological polar surface area (TPSA) is 118 Å². The van der Waals surface area contributed by atoms with Gasteiger partial charge in [-0.1, -0.05) is 36.4 Å². The molecule has 10 heteroatoms. The third kappa shape index (κ3) is 5.48. The summed E-state index contributed by atoms with van der Waals surface area (Å²) in [5.74, 6) is -0.618. The lowest BCUT2D eigenvalue weighted by Gasteiger charge is -2.30. The molecule has 4 rings (SSSR count). The smallest absolute Gasteiger partial charge is 0.407 e. The Morgan fingerprint density at radius 2 is 1.86 bits per heavy atom. The summed E-state index contributed by atoms with van der Waals surface area (Å²) in [6, 6.07) is 12.4. The fourth-order valence-electron chi connectivity index (χ4n) is 4.15. The molecular formula is C25H29N3O7. The zero-order chi connectivity index (χ0) is 25.2. The van der Waals surface area contributed by atoms with Gasteiger partial charge in [0.1, 0.15) is 30.6 Å². The van der Waals surface area contributed by atoms with E-state index in [1.165, 1.54) is 9.96 Å². The number of nitrogens with one attached hydrogen (secondary N) is 1. The van der Waals surface area contributed by atoms with Crippen molar-refractivity contribution in [2.45, 2.75) is 45.1 Å². The van der Waals surface area contributed by atoms with E-state index < -0.39 is 35.8 Å². The van der Waals surface area contributed by atoms with Gasteiger partial charge in [-0.25, -0.2) is 14.4 Å². The van der Waals surface area contributed by atoms with Crippen LogP contribution in [-0.4, -0.2) is 58.5 Å². The zero-order valence-corrected chi connectivity index (χ0v) is 19.9. The second-order valence-electron chi connectivity index (χ2n) is 9.34. The predicted octanol–water partition coefficient (Wildman–Crippen LogP) is 3.64. The van der Waals surface area contributed by atoms with E-state index in [1.54, 1.807) is 39.0 Å². The number of amides is 3. The number of carbonyl (C=O) groups excluding carboxylic acids is 2. The first-order valence-corrected chi connectivity index (χ1v) is 11.4. The van der Waals surface area contributed by atoms with Gasteiger partial charge in [-0.05, 0) is 49.6 Å². The minimum atomic E-state index is -1.11.